The number of carbonyl (C=O) groups is 1. The first-order chi connectivity index (χ1) is 17.4. The second kappa shape index (κ2) is 9.99. The number of hydrogen-bond donors (Lipinski definition) is 1. The molecular formula is C28H27FN4O3. The standard InChI is InChI=1S/C28H27FN4O3/c1-3-18-6-9-24(25-10-11-27(34)33(32-25)21-7-8-21)31-26(18)12-17(2)14-30-28(35)19-4-5-20-15-36-16-23(29)22(20)13-19/h3-6,9-13,21,23H,2,7-8,14-16H2,1H3,(H,30,35)/b18-3-,26-12+. The Morgan fingerprint density at radius 1 is 1.22 bits per heavy atom. The van der Waals surface area contributed by atoms with E-state index < -0.39 is 6.17 Å². The van der Waals surface area contributed by atoms with Crippen molar-refractivity contribution in [1.82, 2.24) is 20.1 Å². The van der Waals surface area contributed by atoms with Crippen molar-refractivity contribution < 1.29 is 13.9 Å². The van der Waals surface area contributed by atoms with Crippen LogP contribution in [0, 0.1) is 0 Å². The van der Waals surface area contributed by atoms with Crippen molar-refractivity contribution >= 4 is 18.1 Å². The number of pyridine rings is 1. The van der Waals surface area contributed by atoms with Gasteiger partial charge in [0, 0.05) is 18.2 Å². The van der Waals surface area contributed by atoms with E-state index in [9.17, 15) is 14.0 Å². The van der Waals surface area contributed by atoms with E-state index in [1.807, 2.05) is 31.2 Å². The summed E-state index contributed by atoms with van der Waals surface area (Å²) in [7, 11) is 0. The highest BCUT2D eigenvalue weighted by molar-refractivity contribution is 5.94. The molecule has 36 heavy (non-hydrogen) atoms. The fourth-order valence-corrected chi connectivity index (χ4v) is 4.19. The highest BCUT2D eigenvalue weighted by Crippen LogP contribution is 2.33. The molecular weight excluding hydrogens is 459 g/mol. The number of ether oxygens (including phenoxy) is 1. The van der Waals surface area contributed by atoms with Gasteiger partial charge in [-0.15, -0.1) is 0 Å². The number of benzene rings is 1. The molecule has 1 unspecified atom stereocenters. The fraction of sp³-hybridized carbons (Fsp3) is 0.286. The number of fused-ring (bicyclic) bond motifs is 1. The van der Waals surface area contributed by atoms with Crippen LogP contribution in [0.3, 0.4) is 0 Å². The van der Waals surface area contributed by atoms with Gasteiger partial charge in [0.15, 0.2) is 0 Å². The Kier molecular flexibility index (Phi) is 6.61. The summed E-state index contributed by atoms with van der Waals surface area (Å²) in [5, 5.41) is 8.96. The number of aromatic nitrogens is 3. The molecule has 2 aromatic heterocycles. The summed E-state index contributed by atoms with van der Waals surface area (Å²) < 4.78 is 20.9. The van der Waals surface area contributed by atoms with Gasteiger partial charge in [-0.25, -0.2) is 14.1 Å². The third-order valence-corrected chi connectivity index (χ3v) is 6.33. The van der Waals surface area contributed by atoms with E-state index in [-0.39, 0.29) is 30.7 Å². The maximum absolute atomic E-state index is 14.2. The molecule has 3 heterocycles. The quantitative estimate of drug-likeness (QED) is 0.579. The van der Waals surface area contributed by atoms with Crippen LogP contribution in [0.1, 0.15) is 53.5 Å². The number of nitrogens with zero attached hydrogens (tertiary/aromatic N) is 3. The van der Waals surface area contributed by atoms with Crippen molar-refractivity contribution in [2.75, 3.05) is 13.2 Å². The van der Waals surface area contributed by atoms with Gasteiger partial charge in [-0.05, 0) is 72.0 Å². The molecule has 0 saturated heterocycles. The molecule has 7 nitrogen and oxygen atoms in total. The first-order valence-corrected chi connectivity index (χ1v) is 12.0. The molecule has 1 aliphatic carbocycles. The number of halogens is 1. The van der Waals surface area contributed by atoms with E-state index in [0.717, 1.165) is 23.6 Å². The molecule has 1 aliphatic heterocycles. The predicted octanol–water partition coefficient (Wildman–Crippen LogP) is 2.75. The number of rotatable bonds is 6. The Bertz CT molecular complexity index is 1520. The molecule has 0 spiro atoms. The minimum atomic E-state index is -1.23. The zero-order valence-corrected chi connectivity index (χ0v) is 20.0. The summed E-state index contributed by atoms with van der Waals surface area (Å²) in [6.07, 6.45) is 4.46. The van der Waals surface area contributed by atoms with Crippen LogP contribution in [-0.2, 0) is 11.3 Å². The van der Waals surface area contributed by atoms with Crippen molar-refractivity contribution in [3.05, 3.63) is 92.2 Å². The lowest BCUT2D eigenvalue weighted by atomic mass is 9.99. The van der Waals surface area contributed by atoms with Crippen LogP contribution in [0.4, 0.5) is 4.39 Å². The highest BCUT2D eigenvalue weighted by atomic mass is 19.1. The minimum Gasteiger partial charge on any atom is -0.373 e. The molecule has 184 valence electrons. The van der Waals surface area contributed by atoms with Crippen LogP contribution in [0.25, 0.3) is 23.5 Å². The molecule has 5 rings (SSSR count). The number of amides is 1. The van der Waals surface area contributed by atoms with E-state index in [0.29, 0.717) is 40.0 Å². The molecule has 1 amide bonds. The SMILES string of the molecule is C=C(/C=c1/nc(-c2ccc(=O)n(C3CC3)n2)cc/c1=C/C)CNC(=O)c1ccc2c(c1)C(F)COC2. The average molecular weight is 487 g/mol. The van der Waals surface area contributed by atoms with Gasteiger partial charge in [-0.3, -0.25) is 9.59 Å². The van der Waals surface area contributed by atoms with Crippen LogP contribution in [0.15, 0.2) is 59.4 Å². The first kappa shape index (κ1) is 23.8. The summed E-state index contributed by atoms with van der Waals surface area (Å²) >= 11 is 0. The molecule has 1 saturated carbocycles. The Labute approximate surface area is 207 Å². The second-order valence-electron chi connectivity index (χ2n) is 9.07. The largest absolute Gasteiger partial charge is 0.373 e. The van der Waals surface area contributed by atoms with Crippen LogP contribution < -0.4 is 21.4 Å². The maximum Gasteiger partial charge on any atom is 0.267 e. The van der Waals surface area contributed by atoms with Crippen LogP contribution in [0.2, 0.25) is 0 Å². The minimum absolute atomic E-state index is 0.00379. The summed E-state index contributed by atoms with van der Waals surface area (Å²) in [6, 6.07) is 12.2. The van der Waals surface area contributed by atoms with Crippen LogP contribution in [0.5, 0.6) is 0 Å². The Morgan fingerprint density at radius 2 is 2.03 bits per heavy atom. The predicted molar refractivity (Wildman–Crippen MR) is 135 cm³/mol. The fourth-order valence-electron chi connectivity index (χ4n) is 4.19. The van der Waals surface area contributed by atoms with Gasteiger partial charge in [0.25, 0.3) is 11.5 Å². The maximum atomic E-state index is 14.2. The molecule has 1 aromatic carbocycles. The van der Waals surface area contributed by atoms with E-state index in [1.165, 1.54) is 10.7 Å². The lowest BCUT2D eigenvalue weighted by Gasteiger charge is -2.20. The highest BCUT2D eigenvalue weighted by Gasteiger charge is 2.26. The van der Waals surface area contributed by atoms with Gasteiger partial charge in [-0.1, -0.05) is 24.8 Å². The lowest BCUT2D eigenvalue weighted by Crippen LogP contribution is -2.30. The molecule has 0 bridgehead atoms. The molecule has 1 atom stereocenters. The number of hydrogen-bond acceptors (Lipinski definition) is 5. The third-order valence-electron chi connectivity index (χ3n) is 6.33. The van der Waals surface area contributed by atoms with E-state index in [4.69, 9.17) is 9.72 Å². The summed E-state index contributed by atoms with van der Waals surface area (Å²) in [5.41, 5.74) is 3.49. The van der Waals surface area contributed by atoms with Gasteiger partial charge < -0.3 is 10.1 Å². The Hall–Kier alpha value is -3.91. The topological polar surface area (TPSA) is 86.1 Å². The summed E-state index contributed by atoms with van der Waals surface area (Å²) in [4.78, 5) is 29.6. The average Bonchev–Trinajstić information content (AvgIpc) is 3.73. The van der Waals surface area contributed by atoms with Gasteiger partial charge >= 0.3 is 0 Å². The van der Waals surface area contributed by atoms with E-state index in [2.05, 4.69) is 17.0 Å². The van der Waals surface area contributed by atoms with Gasteiger partial charge in [-0.2, -0.15) is 5.10 Å². The molecule has 8 heteroatoms. The molecule has 0 radical (unpaired) electrons. The van der Waals surface area contributed by atoms with Crippen LogP contribution >= 0.6 is 0 Å². The smallest absolute Gasteiger partial charge is 0.267 e. The van der Waals surface area contributed by atoms with Gasteiger partial charge in [0.2, 0.25) is 0 Å². The van der Waals surface area contributed by atoms with E-state index >= 15 is 0 Å². The van der Waals surface area contributed by atoms with Crippen molar-refractivity contribution in [1.29, 1.82) is 0 Å². The van der Waals surface area contributed by atoms with Crippen LogP contribution in [-0.4, -0.2) is 33.8 Å². The molecule has 3 aromatic rings. The first-order valence-electron chi connectivity index (χ1n) is 12.0. The van der Waals surface area contributed by atoms with Gasteiger partial charge in [0.1, 0.15) is 11.9 Å². The number of nitrogens with one attached hydrogen (secondary N) is 1. The van der Waals surface area contributed by atoms with Crippen molar-refractivity contribution in [2.24, 2.45) is 0 Å². The molecule has 1 N–H and O–H groups in total. The van der Waals surface area contributed by atoms with Crippen molar-refractivity contribution in [3.63, 3.8) is 0 Å². The Morgan fingerprint density at radius 3 is 2.81 bits per heavy atom. The Balaban J connectivity index is 1.34. The third kappa shape index (κ3) is 5.04. The lowest BCUT2D eigenvalue weighted by molar-refractivity contribution is 0.0512. The van der Waals surface area contributed by atoms with Crippen molar-refractivity contribution in [3.8, 4) is 11.4 Å². The van der Waals surface area contributed by atoms with Gasteiger partial charge in [0.05, 0.1) is 30.3 Å². The zero-order chi connectivity index (χ0) is 25.2. The monoisotopic (exact) mass is 486 g/mol. The zero-order valence-electron chi connectivity index (χ0n) is 20.0. The number of carbonyl (C=O) groups excluding carboxylic acids is 1. The summed E-state index contributed by atoms with van der Waals surface area (Å²) in [5.74, 6) is -0.304. The summed E-state index contributed by atoms with van der Waals surface area (Å²) in [6.45, 7) is 6.55. The molecule has 1 fully saturated rings. The number of alkyl halides is 1. The second-order valence-corrected chi connectivity index (χ2v) is 9.07. The van der Waals surface area contributed by atoms with E-state index in [1.54, 1.807) is 24.3 Å². The van der Waals surface area contributed by atoms with Crippen molar-refractivity contribution in [2.45, 2.75) is 38.6 Å². The normalized spacial score (nSPS) is 18.1. The molecule has 2 aliphatic rings.